The van der Waals surface area contributed by atoms with Gasteiger partial charge in [-0.1, -0.05) is 60.7 Å². The molecule has 0 spiro atoms. The van der Waals surface area contributed by atoms with Crippen LogP contribution in [-0.4, -0.2) is 4.57 Å². The Bertz CT molecular complexity index is 1570. The summed E-state index contributed by atoms with van der Waals surface area (Å²) in [5.41, 5.74) is 6.43. The Morgan fingerprint density at radius 1 is 0.774 bits per heavy atom. The van der Waals surface area contributed by atoms with Crippen LogP contribution < -0.4 is 4.57 Å². The van der Waals surface area contributed by atoms with Gasteiger partial charge in [0, 0.05) is 20.2 Å². The molecule has 6 aromatic rings. The molecule has 0 atom stereocenters. The Morgan fingerprint density at radius 2 is 1.52 bits per heavy atom. The highest BCUT2D eigenvalue weighted by atomic mass is 32.1. The van der Waals surface area contributed by atoms with Gasteiger partial charge in [-0.3, -0.25) is 0 Å². The van der Waals surface area contributed by atoms with Crippen LogP contribution in [0, 0.1) is 6.92 Å². The zero-order valence-electron chi connectivity index (χ0n) is 17.7. The van der Waals surface area contributed by atoms with E-state index < -0.39 is 0 Å². The van der Waals surface area contributed by atoms with Gasteiger partial charge in [-0.05, 0) is 48.4 Å². The normalized spacial score (nSPS) is 11.7. The second kappa shape index (κ2) is 7.07. The summed E-state index contributed by atoms with van der Waals surface area (Å²) in [5, 5.41) is 2.69. The number of thiophene rings is 1. The molecule has 0 N–H and O–H groups in total. The molecule has 0 saturated heterocycles. The molecular weight excluding hydrogens is 396 g/mol. The van der Waals surface area contributed by atoms with Crippen molar-refractivity contribution >= 4 is 42.5 Å². The second-order valence-corrected chi connectivity index (χ2v) is 9.29. The standard InChI is InChI=1S/C28H23N2S/c1-19-16-27-23(21-12-6-9-15-26(21)31-27)17-22(19)28-29(2)24-13-7-8-14-25(24)30(28)18-20-10-4-3-5-11-20/h3-17H,18H2,1-2H3/q+1. The fourth-order valence-electron chi connectivity index (χ4n) is 4.75. The number of hydrogen-bond donors (Lipinski definition) is 0. The number of benzene rings is 4. The lowest BCUT2D eigenvalue weighted by atomic mass is 10.0. The van der Waals surface area contributed by atoms with E-state index in [0.29, 0.717) is 0 Å². The zero-order valence-corrected chi connectivity index (χ0v) is 18.5. The number of hydrogen-bond acceptors (Lipinski definition) is 1. The molecule has 3 heteroatoms. The van der Waals surface area contributed by atoms with E-state index in [1.165, 1.54) is 53.7 Å². The molecule has 0 saturated carbocycles. The maximum absolute atomic E-state index is 2.47. The molecule has 2 nitrogen and oxygen atoms in total. The Morgan fingerprint density at radius 3 is 2.39 bits per heavy atom. The van der Waals surface area contributed by atoms with E-state index in [-0.39, 0.29) is 0 Å². The molecule has 0 bridgehead atoms. The van der Waals surface area contributed by atoms with Crippen LogP contribution in [0.15, 0.2) is 91.0 Å². The lowest BCUT2D eigenvalue weighted by Crippen LogP contribution is -2.30. The maximum Gasteiger partial charge on any atom is 0.290 e. The Hall–Kier alpha value is -3.43. The van der Waals surface area contributed by atoms with Crippen LogP contribution in [0.2, 0.25) is 0 Å². The van der Waals surface area contributed by atoms with Crippen molar-refractivity contribution in [3.63, 3.8) is 0 Å². The SMILES string of the molecule is Cc1cc2sc3ccccc3c2cc1-c1n(Cc2ccccc2)c2ccccc2[n+]1C. The van der Waals surface area contributed by atoms with Crippen molar-refractivity contribution in [2.24, 2.45) is 7.05 Å². The monoisotopic (exact) mass is 419 g/mol. The number of aryl methyl sites for hydroxylation is 2. The van der Waals surface area contributed by atoms with E-state index in [1.807, 2.05) is 11.3 Å². The quantitative estimate of drug-likeness (QED) is 0.277. The highest BCUT2D eigenvalue weighted by Crippen LogP contribution is 2.38. The van der Waals surface area contributed by atoms with Crippen molar-refractivity contribution in [2.75, 3.05) is 0 Å². The molecule has 0 unspecified atom stereocenters. The molecule has 31 heavy (non-hydrogen) atoms. The summed E-state index contributed by atoms with van der Waals surface area (Å²) < 4.78 is 7.52. The summed E-state index contributed by atoms with van der Waals surface area (Å²) in [6.07, 6.45) is 0. The second-order valence-electron chi connectivity index (χ2n) is 8.20. The van der Waals surface area contributed by atoms with Crippen LogP contribution in [0.1, 0.15) is 11.1 Å². The van der Waals surface area contributed by atoms with Gasteiger partial charge in [-0.2, -0.15) is 0 Å². The minimum Gasteiger partial charge on any atom is -0.226 e. The van der Waals surface area contributed by atoms with E-state index in [4.69, 9.17) is 0 Å². The number of imidazole rings is 1. The largest absolute Gasteiger partial charge is 0.290 e. The van der Waals surface area contributed by atoms with E-state index in [2.05, 4.69) is 114 Å². The number of aromatic nitrogens is 2. The number of rotatable bonds is 3. The average Bonchev–Trinajstić information content (AvgIpc) is 3.29. The van der Waals surface area contributed by atoms with Crippen LogP contribution in [0.3, 0.4) is 0 Å². The van der Waals surface area contributed by atoms with Gasteiger partial charge in [0.1, 0.15) is 6.54 Å². The highest BCUT2D eigenvalue weighted by Gasteiger charge is 2.26. The molecule has 150 valence electrons. The van der Waals surface area contributed by atoms with Gasteiger partial charge in [-0.25, -0.2) is 9.13 Å². The Balaban J connectivity index is 1.66. The molecule has 0 aliphatic carbocycles. The third-order valence-electron chi connectivity index (χ3n) is 6.26. The molecule has 0 radical (unpaired) electrons. The minimum absolute atomic E-state index is 0.847. The Labute approximate surface area is 185 Å². The van der Waals surface area contributed by atoms with Gasteiger partial charge < -0.3 is 0 Å². The van der Waals surface area contributed by atoms with Crippen molar-refractivity contribution in [2.45, 2.75) is 13.5 Å². The van der Waals surface area contributed by atoms with Crippen LogP contribution in [0.25, 0.3) is 42.6 Å². The summed E-state index contributed by atoms with van der Waals surface area (Å²) in [6, 6.07) is 32.9. The molecule has 2 heterocycles. The van der Waals surface area contributed by atoms with Gasteiger partial charge >= 0.3 is 0 Å². The highest BCUT2D eigenvalue weighted by molar-refractivity contribution is 7.25. The van der Waals surface area contributed by atoms with Gasteiger partial charge in [0.25, 0.3) is 5.82 Å². The first-order valence-electron chi connectivity index (χ1n) is 10.6. The topological polar surface area (TPSA) is 8.81 Å². The first-order chi connectivity index (χ1) is 15.2. The zero-order chi connectivity index (χ0) is 20.9. The van der Waals surface area contributed by atoms with Crippen LogP contribution in [0.4, 0.5) is 0 Å². The van der Waals surface area contributed by atoms with Crippen LogP contribution in [0.5, 0.6) is 0 Å². The fourth-order valence-corrected chi connectivity index (χ4v) is 5.94. The van der Waals surface area contributed by atoms with E-state index in [9.17, 15) is 0 Å². The van der Waals surface area contributed by atoms with Crippen molar-refractivity contribution < 1.29 is 4.57 Å². The first-order valence-corrected chi connectivity index (χ1v) is 11.5. The average molecular weight is 420 g/mol. The van der Waals surface area contributed by atoms with E-state index in [0.717, 1.165) is 6.54 Å². The van der Waals surface area contributed by atoms with Gasteiger partial charge in [0.15, 0.2) is 11.0 Å². The third-order valence-corrected chi connectivity index (χ3v) is 7.39. The van der Waals surface area contributed by atoms with Crippen molar-refractivity contribution in [1.82, 2.24) is 4.57 Å². The molecule has 0 amide bonds. The van der Waals surface area contributed by atoms with E-state index in [1.54, 1.807) is 0 Å². The van der Waals surface area contributed by atoms with Crippen molar-refractivity contribution in [3.8, 4) is 11.4 Å². The Kier molecular flexibility index (Phi) is 4.18. The predicted molar refractivity (Wildman–Crippen MR) is 132 cm³/mol. The smallest absolute Gasteiger partial charge is 0.226 e. The summed E-state index contributed by atoms with van der Waals surface area (Å²) in [5.74, 6) is 1.25. The molecule has 0 aliphatic rings. The molecule has 6 rings (SSSR count). The van der Waals surface area contributed by atoms with Gasteiger partial charge in [-0.15, -0.1) is 11.3 Å². The van der Waals surface area contributed by atoms with Gasteiger partial charge in [0.05, 0.1) is 12.6 Å². The number of para-hydroxylation sites is 2. The summed E-state index contributed by atoms with van der Waals surface area (Å²) >= 11 is 1.88. The lowest BCUT2D eigenvalue weighted by Gasteiger charge is -2.08. The van der Waals surface area contributed by atoms with Crippen molar-refractivity contribution in [3.05, 3.63) is 102 Å². The first kappa shape index (κ1) is 18.3. The van der Waals surface area contributed by atoms with Crippen molar-refractivity contribution in [1.29, 1.82) is 0 Å². The molecule has 2 aromatic heterocycles. The van der Waals surface area contributed by atoms with E-state index >= 15 is 0 Å². The lowest BCUT2D eigenvalue weighted by molar-refractivity contribution is -0.634. The summed E-state index contributed by atoms with van der Waals surface area (Å²) in [7, 11) is 2.19. The molecular formula is C28H23N2S+. The molecule has 4 aromatic carbocycles. The molecule has 0 fully saturated rings. The predicted octanol–water partition coefficient (Wildman–Crippen LogP) is 6.86. The van der Waals surface area contributed by atoms with Crippen LogP contribution in [-0.2, 0) is 13.6 Å². The van der Waals surface area contributed by atoms with Crippen LogP contribution >= 0.6 is 11.3 Å². The fraction of sp³-hybridized carbons (Fsp3) is 0.107. The summed E-state index contributed by atoms with van der Waals surface area (Å²) in [4.78, 5) is 0. The number of nitrogens with zero attached hydrogens (tertiary/aromatic N) is 2. The minimum atomic E-state index is 0.847. The third kappa shape index (κ3) is 2.88. The summed E-state index contributed by atoms with van der Waals surface area (Å²) in [6.45, 7) is 3.09. The van der Waals surface area contributed by atoms with Gasteiger partial charge in [0.2, 0.25) is 0 Å². The maximum atomic E-state index is 2.47. The number of fused-ring (bicyclic) bond motifs is 4. The molecule has 0 aliphatic heterocycles.